The Morgan fingerprint density at radius 1 is 1.47 bits per heavy atom. The van der Waals surface area contributed by atoms with Crippen LogP contribution in [0.2, 0.25) is 0 Å². The monoisotopic (exact) mass is 231 g/mol. The maximum atomic E-state index is 5.40. The van der Waals surface area contributed by atoms with E-state index in [0.29, 0.717) is 0 Å². The molecular formula is C13H17N3O. The molecule has 0 unspecified atom stereocenters. The van der Waals surface area contributed by atoms with Crippen molar-refractivity contribution in [3.05, 3.63) is 30.1 Å². The van der Waals surface area contributed by atoms with Crippen molar-refractivity contribution in [1.29, 1.82) is 0 Å². The van der Waals surface area contributed by atoms with E-state index in [1.807, 2.05) is 25.0 Å². The van der Waals surface area contributed by atoms with Gasteiger partial charge in [-0.25, -0.2) is 4.98 Å². The van der Waals surface area contributed by atoms with Gasteiger partial charge in [0, 0.05) is 13.6 Å². The van der Waals surface area contributed by atoms with E-state index in [-0.39, 0.29) is 5.41 Å². The zero-order valence-corrected chi connectivity index (χ0v) is 10.2. The Labute approximate surface area is 101 Å². The van der Waals surface area contributed by atoms with E-state index in [0.717, 1.165) is 25.3 Å². The van der Waals surface area contributed by atoms with Gasteiger partial charge in [0.1, 0.15) is 0 Å². The lowest BCUT2D eigenvalue weighted by atomic mass is 9.78. The largest absolute Gasteiger partial charge is 0.379 e. The van der Waals surface area contributed by atoms with E-state index < -0.39 is 0 Å². The third-order valence-corrected chi connectivity index (χ3v) is 3.61. The van der Waals surface area contributed by atoms with Crippen LogP contribution in [0.5, 0.6) is 0 Å². The van der Waals surface area contributed by atoms with Crippen LogP contribution in [-0.2, 0) is 17.2 Å². The van der Waals surface area contributed by atoms with Crippen LogP contribution in [0.3, 0.4) is 0 Å². The van der Waals surface area contributed by atoms with E-state index in [4.69, 9.17) is 4.74 Å². The maximum absolute atomic E-state index is 5.40. The van der Waals surface area contributed by atoms with Crippen molar-refractivity contribution in [2.45, 2.75) is 5.41 Å². The summed E-state index contributed by atoms with van der Waals surface area (Å²) in [6, 6.07) is 6.53. The molecule has 0 atom stereocenters. The molecule has 0 aliphatic carbocycles. The van der Waals surface area contributed by atoms with Crippen LogP contribution in [0.1, 0.15) is 5.56 Å². The molecule has 1 aliphatic rings. The number of imidazole rings is 1. The molecule has 4 nitrogen and oxygen atoms in total. The van der Waals surface area contributed by atoms with Crippen molar-refractivity contribution in [2.24, 2.45) is 7.05 Å². The number of fused-ring (bicyclic) bond motifs is 1. The molecule has 1 saturated heterocycles. The summed E-state index contributed by atoms with van der Waals surface area (Å²) >= 11 is 0. The third kappa shape index (κ3) is 1.56. The number of hydrogen-bond donors (Lipinski definition) is 1. The Bertz CT molecular complexity index is 543. The van der Waals surface area contributed by atoms with Gasteiger partial charge in [0.15, 0.2) is 0 Å². The van der Waals surface area contributed by atoms with Gasteiger partial charge in [-0.3, -0.25) is 0 Å². The third-order valence-electron chi connectivity index (χ3n) is 3.61. The summed E-state index contributed by atoms with van der Waals surface area (Å²) in [5, 5.41) is 3.26. The van der Waals surface area contributed by atoms with Gasteiger partial charge in [0.05, 0.1) is 36.0 Å². The van der Waals surface area contributed by atoms with Gasteiger partial charge < -0.3 is 14.6 Å². The lowest BCUT2D eigenvalue weighted by Crippen LogP contribution is -2.52. The fraction of sp³-hybridized carbons (Fsp3) is 0.462. The Hall–Kier alpha value is -1.39. The zero-order chi connectivity index (χ0) is 11.9. The molecule has 1 N–H and O–H groups in total. The maximum Gasteiger partial charge on any atom is 0.0955 e. The highest BCUT2D eigenvalue weighted by atomic mass is 16.5. The van der Waals surface area contributed by atoms with Crippen LogP contribution in [0.4, 0.5) is 0 Å². The van der Waals surface area contributed by atoms with Crippen molar-refractivity contribution in [2.75, 3.05) is 26.8 Å². The Morgan fingerprint density at radius 3 is 2.94 bits per heavy atom. The minimum atomic E-state index is 0.139. The molecule has 0 spiro atoms. The van der Waals surface area contributed by atoms with Crippen molar-refractivity contribution in [3.8, 4) is 0 Å². The average molecular weight is 231 g/mol. The van der Waals surface area contributed by atoms with E-state index in [1.54, 1.807) is 0 Å². The molecule has 0 amide bonds. The normalized spacial score (nSPS) is 18.2. The van der Waals surface area contributed by atoms with Gasteiger partial charge in [-0.05, 0) is 24.7 Å². The summed E-state index contributed by atoms with van der Waals surface area (Å²) in [6.45, 7) is 2.55. The molecule has 1 fully saturated rings. The highest BCUT2D eigenvalue weighted by Gasteiger charge is 2.39. The minimum absolute atomic E-state index is 0.139. The molecule has 1 aromatic heterocycles. The average Bonchev–Trinajstić information content (AvgIpc) is 2.65. The summed E-state index contributed by atoms with van der Waals surface area (Å²) < 4.78 is 7.44. The number of nitrogens with zero attached hydrogens (tertiary/aromatic N) is 2. The Morgan fingerprint density at radius 2 is 2.29 bits per heavy atom. The molecule has 0 radical (unpaired) electrons. The zero-order valence-electron chi connectivity index (χ0n) is 10.2. The first-order valence-corrected chi connectivity index (χ1v) is 5.89. The Kier molecular flexibility index (Phi) is 2.42. The SMILES string of the molecule is CNCC1(c2ccc3c(c2)ncn3C)COC1. The summed E-state index contributed by atoms with van der Waals surface area (Å²) in [5.41, 5.74) is 3.70. The molecule has 90 valence electrons. The number of aryl methyl sites for hydroxylation is 1. The summed E-state index contributed by atoms with van der Waals surface area (Å²) in [4.78, 5) is 4.41. The van der Waals surface area contributed by atoms with Gasteiger partial charge >= 0.3 is 0 Å². The number of hydrogen-bond acceptors (Lipinski definition) is 3. The standard InChI is InChI=1S/C13H17N3O/c1-14-6-13(7-17-8-13)10-3-4-12-11(5-10)15-9-16(12)2/h3-5,9,14H,6-8H2,1-2H3. The van der Waals surface area contributed by atoms with Crippen LogP contribution in [0, 0.1) is 0 Å². The topological polar surface area (TPSA) is 39.1 Å². The van der Waals surface area contributed by atoms with Gasteiger partial charge in [-0.2, -0.15) is 0 Å². The van der Waals surface area contributed by atoms with Crippen LogP contribution in [0.25, 0.3) is 11.0 Å². The number of ether oxygens (including phenoxy) is 1. The fourth-order valence-electron chi connectivity index (χ4n) is 2.52. The first-order valence-electron chi connectivity index (χ1n) is 5.89. The van der Waals surface area contributed by atoms with Crippen LogP contribution in [0.15, 0.2) is 24.5 Å². The van der Waals surface area contributed by atoms with Gasteiger partial charge in [-0.1, -0.05) is 6.07 Å². The first kappa shape index (κ1) is 10.7. The summed E-state index contributed by atoms with van der Waals surface area (Å²) in [7, 11) is 4.00. The van der Waals surface area contributed by atoms with E-state index in [2.05, 4.69) is 28.5 Å². The van der Waals surface area contributed by atoms with E-state index in [1.165, 1.54) is 11.1 Å². The Balaban J connectivity index is 2.05. The predicted octanol–water partition coefficient (Wildman–Crippen LogP) is 1.06. The number of rotatable bonds is 3. The second-order valence-electron chi connectivity index (χ2n) is 4.86. The lowest BCUT2D eigenvalue weighted by molar-refractivity contribution is -0.0581. The second-order valence-corrected chi connectivity index (χ2v) is 4.86. The molecule has 2 heterocycles. The molecule has 0 bridgehead atoms. The first-order chi connectivity index (χ1) is 8.25. The molecule has 1 aliphatic heterocycles. The van der Waals surface area contributed by atoms with Crippen LogP contribution < -0.4 is 5.32 Å². The molecule has 2 aromatic rings. The highest BCUT2D eigenvalue weighted by molar-refractivity contribution is 5.76. The number of nitrogens with one attached hydrogen (secondary N) is 1. The molecule has 0 saturated carbocycles. The van der Waals surface area contributed by atoms with Crippen LogP contribution >= 0.6 is 0 Å². The molecule has 17 heavy (non-hydrogen) atoms. The van der Waals surface area contributed by atoms with Crippen molar-refractivity contribution < 1.29 is 4.74 Å². The predicted molar refractivity (Wildman–Crippen MR) is 67.1 cm³/mol. The van der Waals surface area contributed by atoms with E-state index >= 15 is 0 Å². The second kappa shape index (κ2) is 3.82. The minimum Gasteiger partial charge on any atom is -0.379 e. The number of likely N-dealkylation sites (N-methyl/N-ethyl adjacent to an activating group) is 1. The van der Waals surface area contributed by atoms with Crippen molar-refractivity contribution >= 4 is 11.0 Å². The van der Waals surface area contributed by atoms with Crippen molar-refractivity contribution in [3.63, 3.8) is 0 Å². The fourth-order valence-corrected chi connectivity index (χ4v) is 2.52. The summed E-state index contributed by atoms with van der Waals surface area (Å²) in [5.74, 6) is 0. The highest BCUT2D eigenvalue weighted by Crippen LogP contribution is 2.33. The molecule has 1 aromatic carbocycles. The molecule has 3 rings (SSSR count). The summed E-state index contributed by atoms with van der Waals surface area (Å²) in [6.07, 6.45) is 1.86. The molecule has 4 heteroatoms. The smallest absolute Gasteiger partial charge is 0.0955 e. The lowest BCUT2D eigenvalue weighted by Gasteiger charge is -2.41. The van der Waals surface area contributed by atoms with Crippen LogP contribution in [-0.4, -0.2) is 36.4 Å². The van der Waals surface area contributed by atoms with Gasteiger partial charge in [0.25, 0.3) is 0 Å². The van der Waals surface area contributed by atoms with Gasteiger partial charge in [0.2, 0.25) is 0 Å². The van der Waals surface area contributed by atoms with Crippen molar-refractivity contribution in [1.82, 2.24) is 14.9 Å². The number of aromatic nitrogens is 2. The van der Waals surface area contributed by atoms with Gasteiger partial charge in [-0.15, -0.1) is 0 Å². The molecular weight excluding hydrogens is 214 g/mol. The quantitative estimate of drug-likeness (QED) is 0.858. The number of benzene rings is 1. The van der Waals surface area contributed by atoms with E-state index in [9.17, 15) is 0 Å².